The molecule has 100 valence electrons. The zero-order chi connectivity index (χ0) is 13.8. The molecule has 0 unspecified atom stereocenters. The van der Waals surface area contributed by atoms with Crippen LogP contribution in [0.25, 0.3) is 0 Å². The maximum absolute atomic E-state index is 11.8. The van der Waals surface area contributed by atoms with Gasteiger partial charge in [-0.1, -0.05) is 16.6 Å². The second-order valence-electron chi connectivity index (χ2n) is 3.54. The van der Waals surface area contributed by atoms with Crippen LogP contribution >= 0.6 is 0 Å². The summed E-state index contributed by atoms with van der Waals surface area (Å²) in [5, 5.41) is 0. The molecule has 1 rings (SSSR count). The van der Waals surface area contributed by atoms with Crippen LogP contribution in [0.3, 0.4) is 0 Å². The van der Waals surface area contributed by atoms with Gasteiger partial charge in [-0.25, -0.2) is 13.2 Å². The largest absolute Gasteiger partial charge is 0.465 e. The van der Waals surface area contributed by atoms with E-state index in [9.17, 15) is 13.2 Å². The fraction of sp³-hybridized carbons (Fsp3) is 0.364. The summed E-state index contributed by atoms with van der Waals surface area (Å²) in [4.78, 5) is 16.0. The lowest BCUT2D eigenvalue weighted by Gasteiger charge is -2.14. The fourth-order valence-electron chi connectivity index (χ4n) is 1.32. The van der Waals surface area contributed by atoms with Crippen LogP contribution in [0, 0.1) is 0 Å². The first-order valence-electron chi connectivity index (χ1n) is 5.08. The number of hydrogen-bond acceptors (Lipinski definition) is 5. The molecule has 0 fully saturated rings. The van der Waals surface area contributed by atoms with Crippen LogP contribution < -0.4 is 0 Å². The summed E-state index contributed by atoms with van der Waals surface area (Å²) >= 11 is 0. The second kappa shape index (κ2) is 5.94. The molecule has 7 heteroatoms. The quantitative estimate of drug-likeness (QED) is 0.586. The fourth-order valence-corrected chi connectivity index (χ4v) is 2.33. The Hall–Kier alpha value is -1.44. The van der Waals surface area contributed by atoms with Gasteiger partial charge in [0.1, 0.15) is 0 Å². The Bertz CT molecular complexity index is 526. The molecule has 0 aliphatic rings. The van der Waals surface area contributed by atoms with Crippen LogP contribution in [0.15, 0.2) is 24.3 Å². The standard InChI is InChI=1S/C11H15NO5S/c1-12(17-3)18(14,15)8-9-5-4-6-10(7-9)11(13)16-2/h4-7H,8H2,1-3H3. The number of benzene rings is 1. The Kier molecular flexibility index (Phi) is 4.83. The molecule has 0 spiro atoms. The normalized spacial score (nSPS) is 11.6. The highest BCUT2D eigenvalue weighted by molar-refractivity contribution is 7.88. The number of hydroxylamine groups is 1. The molecule has 0 atom stereocenters. The van der Waals surface area contributed by atoms with Crippen molar-refractivity contribution < 1.29 is 22.8 Å². The van der Waals surface area contributed by atoms with Gasteiger partial charge in [0.25, 0.3) is 0 Å². The summed E-state index contributed by atoms with van der Waals surface area (Å²) in [5.41, 5.74) is 0.798. The molecule has 0 amide bonds. The topological polar surface area (TPSA) is 72.9 Å². The van der Waals surface area contributed by atoms with Crippen LogP contribution in [-0.4, -0.2) is 40.1 Å². The molecule has 0 radical (unpaired) electrons. The van der Waals surface area contributed by atoms with Gasteiger partial charge in [0.2, 0.25) is 10.0 Å². The van der Waals surface area contributed by atoms with Crippen molar-refractivity contribution in [2.45, 2.75) is 5.75 Å². The van der Waals surface area contributed by atoms with Crippen LogP contribution in [0.2, 0.25) is 0 Å². The predicted octanol–water partition coefficient (Wildman–Crippen LogP) is 0.796. The van der Waals surface area contributed by atoms with Gasteiger partial charge in [0.05, 0.1) is 25.5 Å². The zero-order valence-corrected chi connectivity index (χ0v) is 11.2. The average Bonchev–Trinajstić information content (AvgIpc) is 2.36. The maximum Gasteiger partial charge on any atom is 0.337 e. The van der Waals surface area contributed by atoms with Crippen molar-refractivity contribution in [3.8, 4) is 0 Å². The number of nitrogens with zero attached hydrogens (tertiary/aromatic N) is 1. The minimum Gasteiger partial charge on any atom is -0.465 e. The summed E-state index contributed by atoms with van der Waals surface area (Å²) in [6.07, 6.45) is 0. The third-order valence-corrected chi connectivity index (χ3v) is 3.98. The van der Waals surface area contributed by atoms with Gasteiger partial charge in [0.15, 0.2) is 0 Å². The molecular weight excluding hydrogens is 258 g/mol. The summed E-state index contributed by atoms with van der Waals surface area (Å²) < 4.78 is 28.9. The SMILES string of the molecule is COC(=O)c1cccc(CS(=O)(=O)N(C)OC)c1. The Morgan fingerprint density at radius 1 is 1.33 bits per heavy atom. The van der Waals surface area contributed by atoms with Crippen LogP contribution in [0.4, 0.5) is 0 Å². The van der Waals surface area contributed by atoms with Gasteiger partial charge in [-0.3, -0.25) is 4.84 Å². The van der Waals surface area contributed by atoms with Crippen molar-refractivity contribution in [3.63, 3.8) is 0 Å². The minimum atomic E-state index is -3.55. The van der Waals surface area contributed by atoms with Gasteiger partial charge >= 0.3 is 5.97 Å². The van der Waals surface area contributed by atoms with Gasteiger partial charge in [0, 0.05) is 7.05 Å². The Morgan fingerprint density at radius 2 is 2.00 bits per heavy atom. The minimum absolute atomic E-state index is 0.248. The smallest absolute Gasteiger partial charge is 0.337 e. The molecule has 6 nitrogen and oxygen atoms in total. The first kappa shape index (κ1) is 14.6. The maximum atomic E-state index is 11.8. The third-order valence-electron chi connectivity index (χ3n) is 2.35. The van der Waals surface area contributed by atoms with Crippen molar-refractivity contribution in [1.29, 1.82) is 0 Å². The number of ether oxygens (including phenoxy) is 1. The molecule has 0 heterocycles. The van der Waals surface area contributed by atoms with E-state index >= 15 is 0 Å². The van der Waals surface area contributed by atoms with Gasteiger partial charge < -0.3 is 4.74 Å². The second-order valence-corrected chi connectivity index (χ2v) is 5.51. The highest BCUT2D eigenvalue weighted by Gasteiger charge is 2.19. The van der Waals surface area contributed by atoms with E-state index in [4.69, 9.17) is 0 Å². The first-order valence-corrected chi connectivity index (χ1v) is 6.69. The van der Waals surface area contributed by atoms with Crippen molar-refractivity contribution >= 4 is 16.0 Å². The summed E-state index contributed by atoms with van der Waals surface area (Å²) in [5.74, 6) is -0.753. The van der Waals surface area contributed by atoms with E-state index in [0.717, 1.165) is 4.47 Å². The Morgan fingerprint density at radius 3 is 2.56 bits per heavy atom. The van der Waals surface area contributed by atoms with E-state index in [2.05, 4.69) is 9.57 Å². The summed E-state index contributed by atoms with van der Waals surface area (Å²) in [6, 6.07) is 6.26. The van der Waals surface area contributed by atoms with E-state index in [1.165, 1.54) is 27.3 Å². The van der Waals surface area contributed by atoms with E-state index in [-0.39, 0.29) is 5.75 Å². The lowest BCUT2D eigenvalue weighted by Crippen LogP contribution is -2.27. The average molecular weight is 273 g/mol. The van der Waals surface area contributed by atoms with E-state index in [1.807, 2.05) is 0 Å². The number of esters is 1. The van der Waals surface area contributed by atoms with Gasteiger partial charge in [-0.05, 0) is 17.7 Å². The Labute approximate surface area is 106 Å². The number of hydrogen-bond donors (Lipinski definition) is 0. The first-order chi connectivity index (χ1) is 8.40. The lowest BCUT2D eigenvalue weighted by atomic mass is 10.1. The van der Waals surface area contributed by atoms with E-state index < -0.39 is 16.0 Å². The molecule has 0 aromatic heterocycles. The van der Waals surface area contributed by atoms with Gasteiger partial charge in [-0.15, -0.1) is 0 Å². The molecule has 0 saturated carbocycles. The van der Waals surface area contributed by atoms with Crippen molar-refractivity contribution in [1.82, 2.24) is 4.47 Å². The summed E-state index contributed by atoms with van der Waals surface area (Å²) in [6.45, 7) is 0. The van der Waals surface area contributed by atoms with Crippen molar-refractivity contribution in [3.05, 3.63) is 35.4 Å². The molecule has 0 bridgehead atoms. The molecular formula is C11H15NO5S. The lowest BCUT2D eigenvalue weighted by molar-refractivity contribution is -0.0260. The highest BCUT2D eigenvalue weighted by Crippen LogP contribution is 2.12. The third kappa shape index (κ3) is 3.52. The van der Waals surface area contributed by atoms with Crippen LogP contribution in [0.1, 0.15) is 15.9 Å². The number of carbonyl (C=O) groups is 1. The van der Waals surface area contributed by atoms with Gasteiger partial charge in [-0.2, -0.15) is 0 Å². The number of sulfonamides is 1. The molecule has 0 aliphatic carbocycles. The molecule has 0 N–H and O–H groups in total. The Balaban J connectivity index is 2.96. The van der Waals surface area contributed by atoms with E-state index in [0.29, 0.717) is 11.1 Å². The zero-order valence-electron chi connectivity index (χ0n) is 10.4. The summed E-state index contributed by atoms with van der Waals surface area (Å²) in [7, 11) is 0.286. The molecule has 1 aromatic rings. The predicted molar refractivity (Wildman–Crippen MR) is 65.2 cm³/mol. The van der Waals surface area contributed by atoms with Crippen LogP contribution in [-0.2, 0) is 25.4 Å². The van der Waals surface area contributed by atoms with Crippen molar-refractivity contribution in [2.75, 3.05) is 21.3 Å². The monoisotopic (exact) mass is 273 g/mol. The number of methoxy groups -OCH3 is 1. The van der Waals surface area contributed by atoms with Crippen LogP contribution in [0.5, 0.6) is 0 Å². The molecule has 0 saturated heterocycles. The van der Waals surface area contributed by atoms with Crippen molar-refractivity contribution in [2.24, 2.45) is 0 Å². The molecule has 18 heavy (non-hydrogen) atoms. The number of rotatable bonds is 5. The highest BCUT2D eigenvalue weighted by atomic mass is 32.2. The molecule has 1 aromatic carbocycles. The van der Waals surface area contributed by atoms with E-state index in [1.54, 1.807) is 18.2 Å². The molecule has 0 aliphatic heterocycles. The number of carbonyl (C=O) groups excluding carboxylic acids is 1.